The fourth-order valence-corrected chi connectivity index (χ4v) is 4.42. The van der Waals surface area contributed by atoms with Crippen LogP contribution in [0.3, 0.4) is 0 Å². The van der Waals surface area contributed by atoms with E-state index in [1.807, 2.05) is 43.3 Å². The molecule has 1 aromatic carbocycles. The lowest BCUT2D eigenvalue weighted by Crippen LogP contribution is -2.32. The molecule has 8 heteroatoms. The van der Waals surface area contributed by atoms with Crippen molar-refractivity contribution in [2.75, 3.05) is 27.2 Å². The molecule has 3 aromatic rings. The summed E-state index contributed by atoms with van der Waals surface area (Å²) in [5, 5.41) is 11.9. The molecule has 1 amide bonds. The van der Waals surface area contributed by atoms with Crippen molar-refractivity contribution in [3.05, 3.63) is 76.2 Å². The quantitative estimate of drug-likeness (QED) is 0.351. The lowest BCUT2D eigenvalue weighted by atomic mass is 9.96. The van der Waals surface area contributed by atoms with Gasteiger partial charge >= 0.3 is 0 Å². The van der Waals surface area contributed by atoms with Crippen LogP contribution < -0.4 is 0 Å². The van der Waals surface area contributed by atoms with E-state index >= 15 is 0 Å². The molecular weight excluding hydrogens is 428 g/mol. The Hall–Kier alpha value is -3.16. The number of Topliss-reactive ketones (excluding diaryl/α,β-unsaturated/α-hetero) is 1. The normalized spacial score (nSPS) is 18.3. The molecule has 0 radical (unpaired) electrons. The van der Waals surface area contributed by atoms with Gasteiger partial charge < -0.3 is 14.9 Å². The SMILES string of the molecule is Cc1nc2ccccn2c1/C(O)=C1\C(=O)C(=O)N(CCCN(C)C)[C@H]1c1cccc(Cl)c1. The summed E-state index contributed by atoms with van der Waals surface area (Å²) in [6.45, 7) is 2.91. The number of imidazole rings is 1. The second-order valence-corrected chi connectivity index (χ2v) is 8.62. The van der Waals surface area contributed by atoms with Gasteiger partial charge in [-0.3, -0.25) is 14.0 Å². The Morgan fingerprint density at radius 3 is 2.69 bits per heavy atom. The number of hydrogen-bond acceptors (Lipinski definition) is 5. The van der Waals surface area contributed by atoms with Crippen molar-refractivity contribution < 1.29 is 14.7 Å². The standard InChI is InChI=1S/C24H25ClN4O3/c1-15-20(28-12-5-4-10-18(28)26-15)22(30)19-21(16-8-6-9-17(25)14-16)29(24(32)23(19)31)13-7-11-27(2)3/h4-6,8-10,12,14,21,30H,7,11,13H2,1-3H3/b22-19+/t21-/m0/s1. The number of halogens is 1. The molecule has 166 valence electrons. The van der Waals surface area contributed by atoms with Crippen molar-refractivity contribution in [2.45, 2.75) is 19.4 Å². The summed E-state index contributed by atoms with van der Waals surface area (Å²) in [5.74, 6) is -1.57. The summed E-state index contributed by atoms with van der Waals surface area (Å²) >= 11 is 6.23. The lowest BCUT2D eigenvalue weighted by Gasteiger charge is -2.26. The number of aryl methyl sites for hydroxylation is 1. The van der Waals surface area contributed by atoms with Gasteiger partial charge in [-0.1, -0.05) is 29.8 Å². The Balaban J connectivity index is 1.89. The zero-order valence-corrected chi connectivity index (χ0v) is 19.0. The molecular formula is C24H25ClN4O3. The molecule has 7 nitrogen and oxygen atoms in total. The highest BCUT2D eigenvalue weighted by molar-refractivity contribution is 6.46. The van der Waals surface area contributed by atoms with E-state index in [4.69, 9.17) is 11.6 Å². The number of rotatable bonds is 6. The number of likely N-dealkylation sites (tertiary alicyclic amines) is 1. The first-order valence-electron chi connectivity index (χ1n) is 10.4. The van der Waals surface area contributed by atoms with Crippen LogP contribution in [0.1, 0.15) is 29.4 Å². The number of nitrogens with zero attached hydrogens (tertiary/aromatic N) is 4. The summed E-state index contributed by atoms with van der Waals surface area (Å²) in [6, 6.07) is 11.8. The highest BCUT2D eigenvalue weighted by atomic mass is 35.5. The van der Waals surface area contributed by atoms with Crippen molar-refractivity contribution >= 4 is 34.7 Å². The highest BCUT2D eigenvalue weighted by Crippen LogP contribution is 2.40. The maximum atomic E-state index is 13.2. The lowest BCUT2D eigenvalue weighted by molar-refractivity contribution is -0.139. The van der Waals surface area contributed by atoms with Crippen LogP contribution in [-0.2, 0) is 9.59 Å². The minimum atomic E-state index is -0.732. The minimum absolute atomic E-state index is 0.0517. The first kappa shape index (κ1) is 22.0. The fraction of sp³-hybridized carbons (Fsp3) is 0.292. The average Bonchev–Trinajstić information content (AvgIpc) is 3.21. The van der Waals surface area contributed by atoms with Gasteiger partial charge in [0.2, 0.25) is 0 Å². The number of carbonyl (C=O) groups is 2. The molecule has 0 spiro atoms. The number of carbonyl (C=O) groups excluding carboxylic acids is 2. The largest absolute Gasteiger partial charge is 0.505 e. The summed E-state index contributed by atoms with van der Waals surface area (Å²) in [7, 11) is 3.91. The van der Waals surface area contributed by atoms with E-state index in [-0.39, 0.29) is 11.3 Å². The van der Waals surface area contributed by atoms with Crippen molar-refractivity contribution in [3.8, 4) is 0 Å². The predicted octanol–water partition coefficient (Wildman–Crippen LogP) is 3.67. The summed E-state index contributed by atoms with van der Waals surface area (Å²) in [5.41, 5.74) is 2.34. The van der Waals surface area contributed by atoms with Crippen LogP contribution in [-0.4, -0.2) is 63.2 Å². The maximum absolute atomic E-state index is 13.2. The monoisotopic (exact) mass is 452 g/mol. The van der Waals surface area contributed by atoms with E-state index in [0.29, 0.717) is 40.6 Å². The van der Waals surface area contributed by atoms with Gasteiger partial charge in [0.1, 0.15) is 11.3 Å². The van der Waals surface area contributed by atoms with Gasteiger partial charge in [-0.2, -0.15) is 0 Å². The van der Waals surface area contributed by atoms with Crippen LogP contribution in [0.4, 0.5) is 0 Å². The number of fused-ring (bicyclic) bond motifs is 1. The molecule has 1 aliphatic rings. The zero-order chi connectivity index (χ0) is 23.0. The Morgan fingerprint density at radius 2 is 1.97 bits per heavy atom. The van der Waals surface area contributed by atoms with Crippen LogP contribution in [0.2, 0.25) is 5.02 Å². The van der Waals surface area contributed by atoms with E-state index < -0.39 is 17.7 Å². The van der Waals surface area contributed by atoms with Gasteiger partial charge in [-0.05, 0) is 63.8 Å². The van der Waals surface area contributed by atoms with E-state index in [9.17, 15) is 14.7 Å². The van der Waals surface area contributed by atoms with Gasteiger partial charge in [0, 0.05) is 17.8 Å². The molecule has 1 N–H and O–H groups in total. The maximum Gasteiger partial charge on any atom is 0.295 e. The molecule has 1 saturated heterocycles. The Kier molecular flexibility index (Phi) is 6.04. The number of pyridine rings is 1. The summed E-state index contributed by atoms with van der Waals surface area (Å²) in [6.07, 6.45) is 2.46. The molecule has 0 unspecified atom stereocenters. The zero-order valence-electron chi connectivity index (χ0n) is 18.2. The third-order valence-electron chi connectivity index (χ3n) is 5.64. The smallest absolute Gasteiger partial charge is 0.295 e. The fourth-order valence-electron chi connectivity index (χ4n) is 4.22. The Morgan fingerprint density at radius 1 is 1.19 bits per heavy atom. The summed E-state index contributed by atoms with van der Waals surface area (Å²) in [4.78, 5) is 34.3. The predicted molar refractivity (Wildman–Crippen MR) is 124 cm³/mol. The number of aromatic nitrogens is 2. The van der Waals surface area contributed by atoms with Crippen LogP contribution in [0, 0.1) is 6.92 Å². The van der Waals surface area contributed by atoms with Crippen molar-refractivity contribution in [3.63, 3.8) is 0 Å². The van der Waals surface area contributed by atoms with Gasteiger partial charge in [-0.25, -0.2) is 4.98 Å². The molecule has 2 aromatic heterocycles. The minimum Gasteiger partial charge on any atom is -0.505 e. The molecule has 1 atom stereocenters. The van der Waals surface area contributed by atoms with Crippen LogP contribution in [0.15, 0.2) is 54.2 Å². The van der Waals surface area contributed by atoms with Gasteiger partial charge in [0.25, 0.3) is 11.7 Å². The van der Waals surface area contributed by atoms with E-state index in [1.54, 1.807) is 35.7 Å². The molecule has 32 heavy (non-hydrogen) atoms. The molecule has 4 rings (SSSR count). The highest BCUT2D eigenvalue weighted by Gasteiger charge is 2.46. The topological polar surface area (TPSA) is 78.1 Å². The second kappa shape index (κ2) is 8.76. The molecule has 0 aliphatic carbocycles. The summed E-state index contributed by atoms with van der Waals surface area (Å²) < 4.78 is 1.72. The second-order valence-electron chi connectivity index (χ2n) is 8.18. The average molecular weight is 453 g/mol. The molecule has 3 heterocycles. The van der Waals surface area contributed by atoms with E-state index in [2.05, 4.69) is 4.98 Å². The number of aliphatic hydroxyl groups excluding tert-OH is 1. The van der Waals surface area contributed by atoms with Gasteiger partial charge in [0.15, 0.2) is 5.76 Å². The first-order chi connectivity index (χ1) is 15.3. The van der Waals surface area contributed by atoms with Crippen molar-refractivity contribution in [1.29, 1.82) is 0 Å². The number of hydrogen-bond donors (Lipinski definition) is 1. The van der Waals surface area contributed by atoms with Crippen molar-refractivity contribution in [1.82, 2.24) is 19.2 Å². The molecule has 1 aliphatic heterocycles. The molecule has 0 bridgehead atoms. The van der Waals surface area contributed by atoms with E-state index in [0.717, 1.165) is 6.54 Å². The van der Waals surface area contributed by atoms with Crippen LogP contribution >= 0.6 is 11.6 Å². The first-order valence-corrected chi connectivity index (χ1v) is 10.8. The van der Waals surface area contributed by atoms with Crippen LogP contribution in [0.5, 0.6) is 0 Å². The van der Waals surface area contributed by atoms with Gasteiger partial charge in [0.05, 0.1) is 17.3 Å². The number of benzene rings is 1. The number of amides is 1. The van der Waals surface area contributed by atoms with Crippen LogP contribution in [0.25, 0.3) is 11.4 Å². The van der Waals surface area contributed by atoms with E-state index in [1.165, 1.54) is 4.90 Å². The third kappa shape index (κ3) is 3.89. The number of ketones is 1. The third-order valence-corrected chi connectivity index (χ3v) is 5.87. The Labute approximate surface area is 191 Å². The number of aliphatic hydroxyl groups is 1. The Bertz CT molecular complexity index is 1230. The molecule has 0 saturated carbocycles. The van der Waals surface area contributed by atoms with Gasteiger partial charge in [-0.15, -0.1) is 0 Å². The molecule has 1 fully saturated rings. The van der Waals surface area contributed by atoms with Crippen molar-refractivity contribution in [2.24, 2.45) is 0 Å².